The second-order valence-electron chi connectivity index (χ2n) is 3.14. The van der Waals surface area contributed by atoms with Gasteiger partial charge in [0.2, 0.25) is 0 Å². The van der Waals surface area contributed by atoms with Gasteiger partial charge in [-0.2, -0.15) is 0 Å². The summed E-state index contributed by atoms with van der Waals surface area (Å²) < 4.78 is 5.48. The van der Waals surface area contributed by atoms with E-state index in [1.165, 1.54) is 12.0 Å². The summed E-state index contributed by atoms with van der Waals surface area (Å²) in [5.41, 5.74) is 1.16. The molecule has 2 nitrogen and oxygen atoms in total. The molecule has 0 aliphatic heterocycles. The van der Waals surface area contributed by atoms with Crippen molar-refractivity contribution in [2.24, 2.45) is 0 Å². The van der Waals surface area contributed by atoms with Crippen molar-refractivity contribution in [3.63, 3.8) is 0 Å². The molecule has 1 aromatic carbocycles. The average molecular weight is 211 g/mol. The van der Waals surface area contributed by atoms with Crippen LogP contribution in [0.2, 0.25) is 0 Å². The smallest absolute Gasteiger partial charge is 0.160 e. The van der Waals surface area contributed by atoms with Gasteiger partial charge >= 0.3 is 0 Å². The molecule has 1 rings (SSSR count). The second kappa shape index (κ2) is 5.81. The molecule has 0 saturated heterocycles. The van der Waals surface area contributed by atoms with Crippen molar-refractivity contribution in [2.75, 3.05) is 24.7 Å². The third-order valence-electron chi connectivity index (χ3n) is 2.01. The Morgan fingerprint density at radius 3 is 2.71 bits per heavy atom. The Labute approximate surface area is 90.5 Å². The van der Waals surface area contributed by atoms with Crippen molar-refractivity contribution >= 4 is 17.7 Å². The van der Waals surface area contributed by atoms with E-state index in [-0.39, 0.29) is 0 Å². The first-order valence-electron chi connectivity index (χ1n) is 4.80. The zero-order valence-corrected chi connectivity index (χ0v) is 9.80. The molecule has 0 aliphatic carbocycles. The lowest BCUT2D eigenvalue weighted by Gasteiger charge is -2.20. The highest BCUT2D eigenvalue weighted by Gasteiger charge is 2.06. The fourth-order valence-electron chi connectivity index (χ4n) is 1.39. The van der Waals surface area contributed by atoms with E-state index in [1.807, 2.05) is 24.5 Å². The number of rotatable bonds is 5. The first-order chi connectivity index (χ1) is 6.79. The van der Waals surface area contributed by atoms with Gasteiger partial charge in [0.15, 0.2) is 5.75 Å². The number of hydrogen-bond acceptors (Lipinski definition) is 3. The third-order valence-corrected chi connectivity index (χ3v) is 2.35. The van der Waals surface area contributed by atoms with Gasteiger partial charge in [0, 0.05) is 19.8 Å². The lowest BCUT2D eigenvalue weighted by molar-refractivity contribution is 0.645. The first kappa shape index (κ1) is 11.2. The maximum absolute atomic E-state index is 5.48. The molecule has 78 valence electrons. The van der Waals surface area contributed by atoms with Gasteiger partial charge in [0.25, 0.3) is 0 Å². The highest BCUT2D eigenvalue weighted by atomic mass is 32.2. The van der Waals surface area contributed by atoms with E-state index in [2.05, 4.69) is 24.9 Å². The molecule has 0 atom stereocenters. The Balaban J connectivity index is 2.82. The monoisotopic (exact) mass is 211 g/mol. The second-order valence-corrected chi connectivity index (χ2v) is 3.64. The van der Waals surface area contributed by atoms with Crippen LogP contribution >= 0.6 is 12.0 Å². The summed E-state index contributed by atoms with van der Waals surface area (Å²) in [7, 11) is 2.09. The van der Waals surface area contributed by atoms with Gasteiger partial charge in [-0.25, -0.2) is 0 Å². The minimum atomic E-state index is 0.941. The maximum Gasteiger partial charge on any atom is 0.160 e. The van der Waals surface area contributed by atoms with Gasteiger partial charge in [-0.1, -0.05) is 19.1 Å². The van der Waals surface area contributed by atoms with Crippen molar-refractivity contribution in [3.05, 3.63) is 24.3 Å². The van der Waals surface area contributed by atoms with Crippen molar-refractivity contribution < 1.29 is 4.18 Å². The fourth-order valence-corrected chi connectivity index (χ4v) is 1.71. The van der Waals surface area contributed by atoms with E-state index < -0.39 is 0 Å². The molecular weight excluding hydrogens is 194 g/mol. The van der Waals surface area contributed by atoms with E-state index in [9.17, 15) is 0 Å². The lowest BCUT2D eigenvalue weighted by Crippen LogP contribution is -2.18. The first-order valence-corrected chi connectivity index (χ1v) is 5.95. The molecule has 0 aliphatic rings. The van der Waals surface area contributed by atoms with E-state index in [1.54, 1.807) is 0 Å². The number of anilines is 1. The lowest BCUT2D eigenvalue weighted by atomic mass is 10.2. The van der Waals surface area contributed by atoms with Gasteiger partial charge < -0.3 is 9.08 Å². The molecule has 0 radical (unpaired) electrons. The SMILES string of the molecule is CCCN(C)c1ccccc1OSC. The molecule has 3 heteroatoms. The summed E-state index contributed by atoms with van der Waals surface area (Å²) in [5.74, 6) is 0.941. The Morgan fingerprint density at radius 1 is 1.36 bits per heavy atom. The highest BCUT2D eigenvalue weighted by molar-refractivity contribution is 7.94. The number of para-hydroxylation sites is 2. The molecule has 14 heavy (non-hydrogen) atoms. The van der Waals surface area contributed by atoms with Crippen LogP contribution in [0.5, 0.6) is 5.75 Å². The van der Waals surface area contributed by atoms with Crippen LogP contribution in [-0.2, 0) is 0 Å². The normalized spacial score (nSPS) is 9.93. The van der Waals surface area contributed by atoms with Crippen LogP contribution in [-0.4, -0.2) is 19.8 Å². The van der Waals surface area contributed by atoms with E-state index in [0.29, 0.717) is 0 Å². The molecule has 0 bridgehead atoms. The van der Waals surface area contributed by atoms with E-state index in [4.69, 9.17) is 4.18 Å². The predicted molar refractivity (Wildman–Crippen MR) is 64.1 cm³/mol. The molecule has 0 amide bonds. The van der Waals surface area contributed by atoms with E-state index in [0.717, 1.165) is 24.4 Å². The van der Waals surface area contributed by atoms with Crippen molar-refractivity contribution in [1.29, 1.82) is 0 Å². The summed E-state index contributed by atoms with van der Waals surface area (Å²) in [5, 5.41) is 0. The van der Waals surface area contributed by atoms with Crippen LogP contribution in [0.25, 0.3) is 0 Å². The minimum absolute atomic E-state index is 0.941. The largest absolute Gasteiger partial charge is 0.424 e. The summed E-state index contributed by atoms with van der Waals surface area (Å²) in [6, 6.07) is 8.11. The maximum atomic E-state index is 5.48. The third kappa shape index (κ3) is 2.84. The van der Waals surface area contributed by atoms with Crippen LogP contribution < -0.4 is 9.08 Å². The number of hydrogen-bond donors (Lipinski definition) is 0. The number of nitrogens with zero attached hydrogens (tertiary/aromatic N) is 1. The Morgan fingerprint density at radius 2 is 2.07 bits per heavy atom. The molecule has 1 aromatic rings. The Kier molecular flexibility index (Phi) is 4.66. The standard InChI is InChI=1S/C11H17NOS/c1-4-9-12(2)10-7-5-6-8-11(10)13-14-3/h5-8H,4,9H2,1-3H3. The molecule has 0 spiro atoms. The quantitative estimate of drug-likeness (QED) is 0.694. The van der Waals surface area contributed by atoms with Gasteiger partial charge in [-0.15, -0.1) is 0 Å². The van der Waals surface area contributed by atoms with Gasteiger partial charge in [0.1, 0.15) is 0 Å². The fraction of sp³-hybridized carbons (Fsp3) is 0.455. The molecule has 0 heterocycles. The summed E-state index contributed by atoms with van der Waals surface area (Å²) in [4.78, 5) is 2.21. The Bertz CT molecular complexity index is 278. The zero-order valence-electron chi connectivity index (χ0n) is 8.99. The zero-order chi connectivity index (χ0) is 10.4. The van der Waals surface area contributed by atoms with Crippen molar-refractivity contribution in [3.8, 4) is 5.75 Å². The van der Waals surface area contributed by atoms with Crippen molar-refractivity contribution in [1.82, 2.24) is 0 Å². The van der Waals surface area contributed by atoms with Crippen LogP contribution in [0.1, 0.15) is 13.3 Å². The average Bonchev–Trinajstić information content (AvgIpc) is 2.19. The summed E-state index contributed by atoms with van der Waals surface area (Å²) >= 11 is 1.38. The molecule has 0 aromatic heterocycles. The topological polar surface area (TPSA) is 12.5 Å². The van der Waals surface area contributed by atoms with Gasteiger partial charge in [-0.05, 0) is 18.6 Å². The van der Waals surface area contributed by atoms with Gasteiger partial charge in [-0.3, -0.25) is 0 Å². The minimum Gasteiger partial charge on any atom is -0.424 e. The molecule has 0 unspecified atom stereocenters. The van der Waals surface area contributed by atoms with Crippen LogP contribution in [0, 0.1) is 0 Å². The molecule has 0 fully saturated rings. The van der Waals surface area contributed by atoms with Crippen molar-refractivity contribution in [2.45, 2.75) is 13.3 Å². The Hall–Kier alpha value is -0.830. The molecular formula is C11H17NOS. The highest BCUT2D eigenvalue weighted by Crippen LogP contribution is 2.29. The molecule has 0 N–H and O–H groups in total. The number of benzene rings is 1. The van der Waals surface area contributed by atoms with Crippen LogP contribution in [0.4, 0.5) is 5.69 Å². The molecule has 0 saturated carbocycles. The summed E-state index contributed by atoms with van der Waals surface area (Å²) in [6.45, 7) is 3.23. The summed E-state index contributed by atoms with van der Waals surface area (Å²) in [6.07, 6.45) is 3.07. The van der Waals surface area contributed by atoms with Crippen LogP contribution in [0.15, 0.2) is 24.3 Å². The van der Waals surface area contributed by atoms with Crippen LogP contribution in [0.3, 0.4) is 0 Å². The van der Waals surface area contributed by atoms with Gasteiger partial charge in [0.05, 0.1) is 17.7 Å². The predicted octanol–water partition coefficient (Wildman–Crippen LogP) is 3.19. The van der Waals surface area contributed by atoms with E-state index >= 15 is 0 Å².